The lowest BCUT2D eigenvalue weighted by atomic mass is 10.4. The van der Waals surface area contributed by atoms with Crippen LogP contribution in [0.4, 0.5) is 5.69 Å². The molecule has 0 bridgehead atoms. The molecule has 0 spiro atoms. The third-order valence-corrected chi connectivity index (χ3v) is 4.69. The van der Waals surface area contributed by atoms with Crippen molar-refractivity contribution in [1.82, 2.24) is 4.98 Å². The Morgan fingerprint density at radius 1 is 1.25 bits per heavy atom. The highest BCUT2D eigenvalue weighted by molar-refractivity contribution is 7.94. The maximum absolute atomic E-state index is 11.7. The van der Waals surface area contributed by atoms with Gasteiger partial charge in [0, 0.05) is 12.5 Å². The number of anilines is 1. The topological polar surface area (TPSA) is 107 Å². The third kappa shape index (κ3) is 3.46. The molecule has 1 rings (SSSR count). The molecule has 0 unspecified atom stereocenters. The number of nitrogens with two attached hydrogens (primary N) is 1. The van der Waals surface area contributed by atoms with E-state index in [1.54, 1.807) is 0 Å². The molecule has 0 fully saturated rings. The number of nitrogens with zero attached hydrogens (tertiary/aromatic N) is 1. The highest BCUT2D eigenvalue weighted by Gasteiger charge is 2.20. The number of nitrogen functional groups attached to an aromatic ring is 1. The average molecular weight is 264 g/mol. The van der Waals surface area contributed by atoms with Gasteiger partial charge in [-0.3, -0.25) is 0 Å². The predicted molar refractivity (Wildman–Crippen MR) is 60.4 cm³/mol. The van der Waals surface area contributed by atoms with Crippen LogP contribution in [0, 0.1) is 0 Å². The van der Waals surface area contributed by atoms with Gasteiger partial charge in [-0.05, 0) is 12.1 Å². The number of hydrogen-bond acceptors (Lipinski definition) is 6. The lowest BCUT2D eigenvalue weighted by Gasteiger charge is -2.04. The lowest BCUT2D eigenvalue weighted by molar-refractivity contribution is 0.588. The van der Waals surface area contributed by atoms with Gasteiger partial charge in [0.15, 0.2) is 14.9 Å². The zero-order chi connectivity index (χ0) is 12.4. The van der Waals surface area contributed by atoms with Crippen LogP contribution in [0.25, 0.3) is 0 Å². The van der Waals surface area contributed by atoms with Crippen molar-refractivity contribution in [1.29, 1.82) is 0 Å². The first-order valence-corrected chi connectivity index (χ1v) is 8.04. The van der Waals surface area contributed by atoms with E-state index in [-0.39, 0.29) is 10.7 Å². The molecule has 16 heavy (non-hydrogen) atoms. The van der Waals surface area contributed by atoms with Crippen LogP contribution in [0.2, 0.25) is 0 Å². The van der Waals surface area contributed by atoms with E-state index in [0.29, 0.717) is 0 Å². The molecule has 90 valence electrons. The molecule has 0 aliphatic carbocycles. The first-order chi connectivity index (χ1) is 7.22. The molecule has 0 saturated carbocycles. The smallest absolute Gasteiger partial charge is 0.198 e. The summed E-state index contributed by atoms with van der Waals surface area (Å²) >= 11 is 0. The second kappa shape index (κ2) is 4.38. The number of aromatic nitrogens is 1. The molecule has 0 saturated heterocycles. The van der Waals surface area contributed by atoms with E-state index >= 15 is 0 Å². The van der Waals surface area contributed by atoms with Crippen molar-refractivity contribution in [2.24, 2.45) is 0 Å². The lowest BCUT2D eigenvalue weighted by Crippen LogP contribution is -2.18. The average Bonchev–Trinajstić information content (AvgIpc) is 2.14. The second-order valence-electron chi connectivity index (χ2n) is 3.35. The molecule has 0 radical (unpaired) electrons. The summed E-state index contributed by atoms with van der Waals surface area (Å²) in [4.78, 5) is 3.64. The molecule has 0 amide bonds. The summed E-state index contributed by atoms with van der Waals surface area (Å²) in [7, 11) is -7.07. The second-order valence-corrected chi connectivity index (χ2v) is 7.63. The Kier molecular flexibility index (Phi) is 3.54. The van der Waals surface area contributed by atoms with Gasteiger partial charge in [-0.2, -0.15) is 0 Å². The van der Waals surface area contributed by atoms with Gasteiger partial charge in [0.25, 0.3) is 0 Å². The number of pyridine rings is 1. The molecule has 0 atom stereocenters. The zero-order valence-electron chi connectivity index (χ0n) is 8.62. The quantitative estimate of drug-likeness (QED) is 0.784. The molecular weight excluding hydrogens is 252 g/mol. The van der Waals surface area contributed by atoms with Crippen LogP contribution in [0.1, 0.15) is 0 Å². The molecule has 6 nitrogen and oxygen atoms in total. The molecule has 1 heterocycles. The summed E-state index contributed by atoms with van der Waals surface area (Å²) in [6.07, 6.45) is 2.27. The SMILES string of the molecule is CS(=O)(=O)CCS(=O)(=O)c1ncccc1N. The van der Waals surface area contributed by atoms with Gasteiger partial charge >= 0.3 is 0 Å². The highest BCUT2D eigenvalue weighted by Crippen LogP contribution is 2.15. The summed E-state index contributed by atoms with van der Waals surface area (Å²) < 4.78 is 45.1. The Hall–Kier alpha value is -1.15. The fourth-order valence-electron chi connectivity index (χ4n) is 1.02. The zero-order valence-corrected chi connectivity index (χ0v) is 10.3. The van der Waals surface area contributed by atoms with Gasteiger partial charge in [0.2, 0.25) is 0 Å². The monoisotopic (exact) mass is 264 g/mol. The molecule has 0 aliphatic rings. The first-order valence-electron chi connectivity index (χ1n) is 4.33. The van der Waals surface area contributed by atoms with Gasteiger partial charge in [-0.15, -0.1) is 0 Å². The minimum absolute atomic E-state index is 0.0241. The van der Waals surface area contributed by atoms with Crippen molar-refractivity contribution >= 4 is 25.4 Å². The van der Waals surface area contributed by atoms with Gasteiger partial charge in [0.05, 0.1) is 17.2 Å². The van der Waals surface area contributed by atoms with Crippen LogP contribution >= 0.6 is 0 Å². The van der Waals surface area contributed by atoms with Crippen LogP contribution in [-0.2, 0) is 19.7 Å². The normalized spacial score (nSPS) is 12.6. The Morgan fingerprint density at radius 2 is 1.88 bits per heavy atom. The fourth-order valence-corrected chi connectivity index (χ4v) is 3.95. The van der Waals surface area contributed by atoms with E-state index in [1.165, 1.54) is 18.3 Å². The summed E-state index contributed by atoms with van der Waals surface area (Å²) in [5, 5.41) is -0.265. The Bertz CT molecular complexity index is 578. The molecule has 1 aromatic heterocycles. The van der Waals surface area contributed by atoms with Gasteiger partial charge in [-0.1, -0.05) is 0 Å². The fraction of sp³-hybridized carbons (Fsp3) is 0.375. The summed E-state index contributed by atoms with van der Waals surface area (Å²) in [6, 6.07) is 2.91. The molecular formula is C8H12N2O4S2. The van der Waals surface area contributed by atoms with Gasteiger partial charge in [-0.25, -0.2) is 21.8 Å². The number of rotatable bonds is 4. The Labute approximate surface area is 94.3 Å². The van der Waals surface area contributed by atoms with Crippen LogP contribution in [0.5, 0.6) is 0 Å². The van der Waals surface area contributed by atoms with E-state index in [4.69, 9.17) is 5.73 Å². The van der Waals surface area contributed by atoms with Crippen molar-refractivity contribution < 1.29 is 16.8 Å². The van der Waals surface area contributed by atoms with Crippen molar-refractivity contribution in [3.63, 3.8) is 0 Å². The maximum atomic E-state index is 11.7. The number of sulfone groups is 2. The molecule has 2 N–H and O–H groups in total. The van der Waals surface area contributed by atoms with E-state index in [0.717, 1.165) is 6.26 Å². The maximum Gasteiger partial charge on any atom is 0.198 e. The minimum Gasteiger partial charge on any atom is -0.396 e. The van der Waals surface area contributed by atoms with E-state index in [2.05, 4.69) is 4.98 Å². The van der Waals surface area contributed by atoms with E-state index < -0.39 is 31.2 Å². The van der Waals surface area contributed by atoms with E-state index in [1.807, 2.05) is 0 Å². The Balaban J connectivity index is 3.01. The predicted octanol–water partition coefficient (Wildman–Crippen LogP) is -0.518. The van der Waals surface area contributed by atoms with Crippen LogP contribution < -0.4 is 5.73 Å². The van der Waals surface area contributed by atoms with E-state index in [9.17, 15) is 16.8 Å². The molecule has 1 aromatic rings. The highest BCUT2D eigenvalue weighted by atomic mass is 32.2. The number of hydrogen-bond donors (Lipinski definition) is 1. The van der Waals surface area contributed by atoms with Crippen molar-refractivity contribution in [3.8, 4) is 0 Å². The van der Waals surface area contributed by atoms with Crippen LogP contribution in [-0.4, -0.2) is 39.6 Å². The molecule has 0 aromatic carbocycles. The summed E-state index contributed by atoms with van der Waals surface area (Å²) in [6.45, 7) is 0. The van der Waals surface area contributed by atoms with Crippen LogP contribution in [0.3, 0.4) is 0 Å². The molecule has 8 heteroatoms. The minimum atomic E-state index is -3.74. The first kappa shape index (κ1) is 12.9. The molecule has 0 aliphatic heterocycles. The Morgan fingerprint density at radius 3 is 2.38 bits per heavy atom. The van der Waals surface area contributed by atoms with Gasteiger partial charge < -0.3 is 5.73 Å². The standard InChI is InChI=1S/C8H12N2O4S2/c1-15(11,12)5-6-16(13,14)8-7(9)3-2-4-10-8/h2-4H,5-6,9H2,1H3. The third-order valence-electron chi connectivity index (χ3n) is 1.82. The van der Waals surface area contributed by atoms with Crippen molar-refractivity contribution in [2.45, 2.75) is 5.03 Å². The largest absolute Gasteiger partial charge is 0.396 e. The van der Waals surface area contributed by atoms with Crippen molar-refractivity contribution in [3.05, 3.63) is 18.3 Å². The van der Waals surface area contributed by atoms with Crippen molar-refractivity contribution in [2.75, 3.05) is 23.5 Å². The summed E-state index contributed by atoms with van der Waals surface area (Å²) in [5.41, 5.74) is 5.48. The van der Waals surface area contributed by atoms with Gasteiger partial charge in [0.1, 0.15) is 9.84 Å². The van der Waals surface area contributed by atoms with Crippen LogP contribution in [0.15, 0.2) is 23.4 Å². The summed E-state index contributed by atoms with van der Waals surface area (Å²) in [5.74, 6) is -0.946.